The highest BCUT2D eigenvalue weighted by molar-refractivity contribution is 6.06. The van der Waals surface area contributed by atoms with Gasteiger partial charge in [0.05, 0.1) is 23.2 Å². The van der Waals surface area contributed by atoms with Crippen LogP contribution in [0, 0.1) is 13.8 Å². The molecular weight excluding hydrogens is 264 g/mol. The molecule has 2 aromatic rings. The molecule has 0 fully saturated rings. The Balaban J connectivity index is 2.30. The molecule has 1 unspecified atom stereocenters. The van der Waals surface area contributed by atoms with E-state index in [0.717, 1.165) is 0 Å². The number of hydrogen-bond acceptors (Lipinski definition) is 6. The molecule has 8 nitrogen and oxygen atoms in total. The van der Waals surface area contributed by atoms with Crippen molar-refractivity contribution < 1.29 is 19.2 Å². The van der Waals surface area contributed by atoms with Gasteiger partial charge in [-0.3, -0.25) is 9.59 Å². The average Bonchev–Trinajstić information content (AvgIpc) is 2.75. The molecule has 0 saturated heterocycles. The molecular formula is C12H14N4O4. The predicted octanol–water partition coefficient (Wildman–Crippen LogP) is -0.584. The van der Waals surface area contributed by atoms with Crippen molar-refractivity contribution in [3.63, 3.8) is 0 Å². The quantitative estimate of drug-likeness (QED) is 0.685. The highest BCUT2D eigenvalue weighted by Crippen LogP contribution is 2.21. The highest BCUT2D eigenvalue weighted by Gasteiger charge is 2.19. The molecule has 2 amide bonds. The fourth-order valence-electron chi connectivity index (χ4n) is 1.78. The lowest BCUT2D eigenvalue weighted by Crippen LogP contribution is -2.40. The summed E-state index contributed by atoms with van der Waals surface area (Å²) in [4.78, 5) is 27.0. The predicted molar refractivity (Wildman–Crippen MR) is 68.8 cm³/mol. The van der Waals surface area contributed by atoms with Crippen LogP contribution < -0.4 is 11.1 Å². The third-order valence-electron chi connectivity index (χ3n) is 2.77. The lowest BCUT2D eigenvalue weighted by Gasteiger charge is -2.09. The molecule has 8 heteroatoms. The Hall–Kier alpha value is -2.48. The molecule has 0 aliphatic heterocycles. The molecule has 0 aromatic carbocycles. The van der Waals surface area contributed by atoms with Crippen LogP contribution in [0.5, 0.6) is 0 Å². The van der Waals surface area contributed by atoms with Crippen molar-refractivity contribution in [2.24, 2.45) is 5.73 Å². The van der Waals surface area contributed by atoms with Crippen molar-refractivity contribution in [2.75, 3.05) is 6.54 Å². The molecule has 0 bridgehead atoms. The first-order chi connectivity index (χ1) is 9.40. The van der Waals surface area contributed by atoms with Crippen LogP contribution in [0.4, 0.5) is 0 Å². The summed E-state index contributed by atoms with van der Waals surface area (Å²) in [6.07, 6.45) is -1.43. The third-order valence-corrected chi connectivity index (χ3v) is 2.77. The van der Waals surface area contributed by atoms with E-state index in [2.05, 4.69) is 15.5 Å². The van der Waals surface area contributed by atoms with Crippen LogP contribution in [0.3, 0.4) is 0 Å². The molecule has 2 rings (SSSR count). The smallest absolute Gasteiger partial charge is 0.258 e. The van der Waals surface area contributed by atoms with Gasteiger partial charge in [-0.15, -0.1) is 0 Å². The van der Waals surface area contributed by atoms with Gasteiger partial charge in [-0.25, -0.2) is 4.98 Å². The maximum absolute atomic E-state index is 12.1. The minimum Gasteiger partial charge on any atom is -0.381 e. The van der Waals surface area contributed by atoms with E-state index in [1.807, 2.05) is 0 Å². The van der Waals surface area contributed by atoms with Gasteiger partial charge in [0.15, 0.2) is 0 Å². The van der Waals surface area contributed by atoms with E-state index >= 15 is 0 Å². The number of hydrogen-bond donors (Lipinski definition) is 3. The van der Waals surface area contributed by atoms with E-state index < -0.39 is 17.9 Å². The molecule has 2 aromatic heterocycles. The van der Waals surface area contributed by atoms with Crippen molar-refractivity contribution in [3.05, 3.63) is 23.0 Å². The summed E-state index contributed by atoms with van der Waals surface area (Å²) in [5, 5.41) is 16.0. The number of amides is 2. The number of carbonyl (C=O) groups excluding carboxylic acids is 2. The average molecular weight is 278 g/mol. The fraction of sp³-hybridized carbons (Fsp3) is 0.333. The summed E-state index contributed by atoms with van der Waals surface area (Å²) in [6.45, 7) is 3.14. The van der Waals surface area contributed by atoms with Gasteiger partial charge in [0.2, 0.25) is 5.91 Å². The third kappa shape index (κ3) is 2.59. The Morgan fingerprint density at radius 1 is 1.50 bits per heavy atom. The monoisotopic (exact) mass is 278 g/mol. The Morgan fingerprint density at radius 2 is 2.20 bits per heavy atom. The number of nitrogens with one attached hydrogen (secondary N) is 1. The highest BCUT2D eigenvalue weighted by atomic mass is 16.5. The number of fused-ring (bicyclic) bond motifs is 1. The number of aliphatic hydroxyl groups is 1. The zero-order valence-electron chi connectivity index (χ0n) is 11.0. The minimum absolute atomic E-state index is 0.263. The summed E-state index contributed by atoms with van der Waals surface area (Å²) in [5.41, 5.74) is 6.62. The maximum atomic E-state index is 12.1. The van der Waals surface area contributed by atoms with E-state index in [9.17, 15) is 14.7 Å². The summed E-state index contributed by atoms with van der Waals surface area (Å²) in [7, 11) is 0. The molecule has 0 saturated carbocycles. The zero-order chi connectivity index (χ0) is 14.9. The second-order valence-electron chi connectivity index (χ2n) is 4.39. The number of aliphatic hydroxyl groups excluding tert-OH is 1. The minimum atomic E-state index is -1.43. The Kier molecular flexibility index (Phi) is 3.66. The van der Waals surface area contributed by atoms with Crippen LogP contribution in [-0.4, -0.2) is 39.7 Å². The van der Waals surface area contributed by atoms with Crippen LogP contribution >= 0.6 is 0 Å². The van der Waals surface area contributed by atoms with E-state index in [1.54, 1.807) is 19.9 Å². The van der Waals surface area contributed by atoms with Crippen LogP contribution in [0.25, 0.3) is 11.1 Å². The molecule has 20 heavy (non-hydrogen) atoms. The van der Waals surface area contributed by atoms with Gasteiger partial charge in [0.25, 0.3) is 11.6 Å². The van der Waals surface area contributed by atoms with Gasteiger partial charge in [0.1, 0.15) is 6.10 Å². The van der Waals surface area contributed by atoms with E-state index in [0.29, 0.717) is 22.3 Å². The molecule has 4 N–H and O–H groups in total. The van der Waals surface area contributed by atoms with Crippen molar-refractivity contribution in [3.8, 4) is 0 Å². The summed E-state index contributed by atoms with van der Waals surface area (Å²) in [5.74, 6) is -1.37. The van der Waals surface area contributed by atoms with E-state index in [1.165, 1.54) is 0 Å². The Bertz CT molecular complexity index is 679. The molecule has 106 valence electrons. The van der Waals surface area contributed by atoms with Gasteiger partial charge in [-0.1, -0.05) is 5.16 Å². The number of nitrogens with two attached hydrogens (primary N) is 1. The molecule has 1 atom stereocenters. The Morgan fingerprint density at radius 3 is 2.85 bits per heavy atom. The number of primary amides is 1. The zero-order valence-corrected chi connectivity index (χ0v) is 11.0. The summed E-state index contributed by atoms with van der Waals surface area (Å²) in [6, 6.07) is 1.58. The number of aromatic nitrogens is 2. The number of aryl methyl sites for hydroxylation is 2. The lowest BCUT2D eigenvalue weighted by molar-refractivity contribution is -0.125. The van der Waals surface area contributed by atoms with Crippen molar-refractivity contribution >= 4 is 22.9 Å². The largest absolute Gasteiger partial charge is 0.381 e. The number of rotatable bonds is 4. The lowest BCUT2D eigenvalue weighted by atomic mass is 10.1. The number of nitrogens with zero attached hydrogens (tertiary/aromatic N) is 2. The van der Waals surface area contributed by atoms with Crippen molar-refractivity contribution in [1.29, 1.82) is 0 Å². The summed E-state index contributed by atoms with van der Waals surface area (Å²) < 4.78 is 5.02. The SMILES string of the molecule is Cc1cc(C(=O)NCC(O)C(N)=O)c2c(C)noc2n1. The van der Waals surface area contributed by atoms with E-state index in [4.69, 9.17) is 10.3 Å². The topological polar surface area (TPSA) is 131 Å². The summed E-state index contributed by atoms with van der Waals surface area (Å²) >= 11 is 0. The van der Waals surface area contributed by atoms with Crippen LogP contribution in [0.1, 0.15) is 21.7 Å². The van der Waals surface area contributed by atoms with Gasteiger partial charge in [-0.2, -0.15) is 0 Å². The first kappa shape index (κ1) is 13.9. The standard InChI is InChI=1S/C12H14N4O4/c1-5-3-7(9-6(2)16-20-12(9)15-5)11(19)14-4-8(17)10(13)18/h3,8,17H,4H2,1-2H3,(H2,13,18)(H,14,19). The second kappa shape index (κ2) is 5.25. The van der Waals surface area contributed by atoms with Crippen molar-refractivity contribution in [2.45, 2.75) is 20.0 Å². The molecule has 0 spiro atoms. The van der Waals surface area contributed by atoms with Gasteiger partial charge < -0.3 is 20.7 Å². The first-order valence-corrected chi connectivity index (χ1v) is 5.89. The first-order valence-electron chi connectivity index (χ1n) is 5.89. The molecule has 0 aliphatic carbocycles. The Labute approximate surface area is 113 Å². The fourth-order valence-corrected chi connectivity index (χ4v) is 1.78. The number of carbonyl (C=O) groups is 2. The van der Waals surface area contributed by atoms with Crippen molar-refractivity contribution in [1.82, 2.24) is 15.5 Å². The van der Waals surface area contributed by atoms with Crippen LogP contribution in [0.2, 0.25) is 0 Å². The maximum Gasteiger partial charge on any atom is 0.258 e. The van der Waals surface area contributed by atoms with Gasteiger partial charge in [0, 0.05) is 5.69 Å². The normalized spacial score (nSPS) is 12.3. The van der Waals surface area contributed by atoms with Gasteiger partial charge >= 0.3 is 0 Å². The second-order valence-corrected chi connectivity index (χ2v) is 4.39. The molecule has 0 aliphatic rings. The van der Waals surface area contributed by atoms with Crippen LogP contribution in [0.15, 0.2) is 10.6 Å². The van der Waals surface area contributed by atoms with E-state index in [-0.39, 0.29) is 12.3 Å². The molecule has 0 radical (unpaired) electrons. The van der Waals surface area contributed by atoms with Crippen LogP contribution in [-0.2, 0) is 4.79 Å². The number of pyridine rings is 1. The van der Waals surface area contributed by atoms with Gasteiger partial charge in [-0.05, 0) is 19.9 Å². The molecule has 2 heterocycles.